The number of aromatic amines is 1. The first-order valence-corrected chi connectivity index (χ1v) is 8.26. The summed E-state index contributed by atoms with van der Waals surface area (Å²) in [5, 5.41) is 15.6. The molecule has 1 fully saturated rings. The molecule has 0 atom stereocenters. The number of carbonyl (C=O) groups excluding carboxylic acids is 1. The first-order chi connectivity index (χ1) is 13.1. The molecular weight excluding hydrogens is 349 g/mol. The number of nitrogens with zero attached hydrogens (tertiary/aromatic N) is 4. The highest BCUT2D eigenvalue weighted by Crippen LogP contribution is 2.21. The summed E-state index contributed by atoms with van der Waals surface area (Å²) < 4.78 is 18.7. The molecule has 27 heavy (non-hydrogen) atoms. The Morgan fingerprint density at radius 1 is 1.26 bits per heavy atom. The lowest BCUT2D eigenvalue weighted by Crippen LogP contribution is -2.56. The van der Waals surface area contributed by atoms with Gasteiger partial charge in [0.25, 0.3) is 5.91 Å². The third-order valence-corrected chi connectivity index (χ3v) is 4.24. The van der Waals surface area contributed by atoms with Gasteiger partial charge in [-0.05, 0) is 36.4 Å². The van der Waals surface area contributed by atoms with E-state index in [0.717, 1.165) is 5.56 Å². The molecule has 1 aliphatic rings. The molecule has 3 aromatic rings. The van der Waals surface area contributed by atoms with Crippen molar-refractivity contribution in [3.63, 3.8) is 0 Å². The van der Waals surface area contributed by atoms with Crippen LogP contribution in [0.1, 0.15) is 16.1 Å². The Bertz CT molecular complexity index is 1000. The van der Waals surface area contributed by atoms with E-state index in [1.807, 2.05) is 6.07 Å². The predicted molar refractivity (Wildman–Crippen MR) is 93.3 cm³/mol. The summed E-state index contributed by atoms with van der Waals surface area (Å²) in [6.45, 7) is 0.872. The summed E-state index contributed by atoms with van der Waals surface area (Å²) in [4.78, 5) is 18.2. The molecular formula is C19H14FN5O2. The number of pyridine rings is 1. The zero-order valence-corrected chi connectivity index (χ0v) is 14.1. The molecule has 1 saturated heterocycles. The highest BCUT2D eigenvalue weighted by Gasteiger charge is 2.34. The number of H-pyrrole nitrogens is 1. The van der Waals surface area contributed by atoms with E-state index < -0.39 is 0 Å². The van der Waals surface area contributed by atoms with E-state index >= 15 is 0 Å². The third kappa shape index (κ3) is 3.48. The predicted octanol–water partition coefficient (Wildman–Crippen LogP) is 2.39. The van der Waals surface area contributed by atoms with Crippen molar-refractivity contribution in [2.24, 2.45) is 0 Å². The SMILES string of the molecule is N#Cc1ccc(OC2CN(C(=O)c3cc(-c4ccc(F)cc4)n[nH]3)C2)nc1. The number of nitriles is 1. The van der Waals surface area contributed by atoms with Gasteiger partial charge in [0.15, 0.2) is 0 Å². The first kappa shape index (κ1) is 16.7. The minimum absolute atomic E-state index is 0.145. The fourth-order valence-corrected chi connectivity index (χ4v) is 2.74. The van der Waals surface area contributed by atoms with Gasteiger partial charge in [-0.2, -0.15) is 10.4 Å². The van der Waals surface area contributed by atoms with E-state index in [0.29, 0.717) is 35.9 Å². The van der Waals surface area contributed by atoms with E-state index in [1.54, 1.807) is 35.2 Å². The van der Waals surface area contributed by atoms with Crippen LogP contribution in [0.25, 0.3) is 11.3 Å². The van der Waals surface area contributed by atoms with Gasteiger partial charge in [-0.25, -0.2) is 9.37 Å². The van der Waals surface area contributed by atoms with Crippen LogP contribution >= 0.6 is 0 Å². The van der Waals surface area contributed by atoms with Gasteiger partial charge in [-0.15, -0.1) is 0 Å². The number of carbonyl (C=O) groups is 1. The molecule has 1 N–H and O–H groups in total. The van der Waals surface area contributed by atoms with E-state index in [-0.39, 0.29) is 17.8 Å². The monoisotopic (exact) mass is 363 g/mol. The average molecular weight is 363 g/mol. The largest absolute Gasteiger partial charge is 0.471 e. The maximum atomic E-state index is 13.0. The second-order valence-electron chi connectivity index (χ2n) is 6.12. The zero-order valence-electron chi connectivity index (χ0n) is 14.1. The second-order valence-corrected chi connectivity index (χ2v) is 6.12. The number of likely N-dealkylation sites (tertiary alicyclic amines) is 1. The van der Waals surface area contributed by atoms with Gasteiger partial charge in [0, 0.05) is 17.8 Å². The number of ether oxygens (including phenoxy) is 1. The summed E-state index contributed by atoms with van der Waals surface area (Å²) >= 11 is 0. The minimum Gasteiger partial charge on any atom is -0.471 e. The Labute approximate surface area is 154 Å². The van der Waals surface area contributed by atoms with Crippen LogP contribution in [0.2, 0.25) is 0 Å². The minimum atomic E-state index is -0.325. The molecule has 0 radical (unpaired) electrons. The van der Waals surface area contributed by atoms with Crippen LogP contribution in [0.5, 0.6) is 5.88 Å². The summed E-state index contributed by atoms with van der Waals surface area (Å²) in [6.07, 6.45) is 1.30. The summed E-state index contributed by atoms with van der Waals surface area (Å²) in [7, 11) is 0. The van der Waals surface area contributed by atoms with Crippen LogP contribution in [0, 0.1) is 17.1 Å². The Kier molecular flexibility index (Phi) is 4.26. The molecule has 4 rings (SSSR count). The van der Waals surface area contributed by atoms with Crippen LogP contribution in [0.15, 0.2) is 48.7 Å². The Morgan fingerprint density at radius 3 is 2.70 bits per heavy atom. The summed E-state index contributed by atoms with van der Waals surface area (Å²) in [5.41, 5.74) is 2.13. The first-order valence-electron chi connectivity index (χ1n) is 8.26. The topological polar surface area (TPSA) is 94.9 Å². The summed E-state index contributed by atoms with van der Waals surface area (Å²) in [5.74, 6) is -0.0799. The van der Waals surface area contributed by atoms with Crippen LogP contribution < -0.4 is 4.74 Å². The van der Waals surface area contributed by atoms with Gasteiger partial charge in [0.1, 0.15) is 23.7 Å². The quantitative estimate of drug-likeness (QED) is 0.768. The van der Waals surface area contributed by atoms with Crippen molar-refractivity contribution in [3.05, 3.63) is 65.7 Å². The van der Waals surface area contributed by atoms with E-state index in [9.17, 15) is 9.18 Å². The highest BCUT2D eigenvalue weighted by molar-refractivity contribution is 5.94. The van der Waals surface area contributed by atoms with E-state index in [2.05, 4.69) is 15.2 Å². The van der Waals surface area contributed by atoms with E-state index in [4.69, 9.17) is 10.00 Å². The Balaban J connectivity index is 1.35. The lowest BCUT2D eigenvalue weighted by molar-refractivity contribution is 0.0156. The molecule has 1 amide bonds. The van der Waals surface area contributed by atoms with Gasteiger partial charge in [0.05, 0.1) is 24.3 Å². The van der Waals surface area contributed by atoms with Crippen LogP contribution in [-0.2, 0) is 0 Å². The number of aromatic nitrogens is 3. The Hall–Kier alpha value is -3.73. The maximum Gasteiger partial charge on any atom is 0.272 e. The number of nitrogens with one attached hydrogen (secondary N) is 1. The molecule has 0 aliphatic carbocycles. The number of rotatable bonds is 4. The molecule has 2 aromatic heterocycles. The van der Waals surface area contributed by atoms with Crippen molar-refractivity contribution >= 4 is 5.91 Å². The molecule has 134 valence electrons. The molecule has 8 heteroatoms. The summed E-state index contributed by atoms with van der Waals surface area (Å²) in [6, 6.07) is 12.8. The highest BCUT2D eigenvalue weighted by atomic mass is 19.1. The van der Waals surface area contributed by atoms with E-state index in [1.165, 1.54) is 18.3 Å². The lowest BCUT2D eigenvalue weighted by Gasteiger charge is -2.38. The van der Waals surface area contributed by atoms with Gasteiger partial charge < -0.3 is 9.64 Å². The molecule has 1 aromatic carbocycles. The third-order valence-electron chi connectivity index (χ3n) is 4.24. The van der Waals surface area contributed by atoms with Gasteiger partial charge in [-0.1, -0.05) is 0 Å². The van der Waals surface area contributed by atoms with Crippen molar-refractivity contribution in [3.8, 4) is 23.2 Å². The zero-order chi connectivity index (χ0) is 18.8. The van der Waals surface area contributed by atoms with Crippen molar-refractivity contribution in [2.45, 2.75) is 6.10 Å². The van der Waals surface area contributed by atoms with Gasteiger partial charge >= 0.3 is 0 Å². The maximum absolute atomic E-state index is 13.0. The Morgan fingerprint density at radius 2 is 2.04 bits per heavy atom. The standard InChI is InChI=1S/C19H14FN5O2/c20-14-4-2-13(3-5-14)16-7-17(24-23-16)19(26)25-10-15(11-25)27-18-6-1-12(8-21)9-22-18/h1-7,9,15H,10-11H2,(H,23,24). The van der Waals surface area contributed by atoms with Crippen LogP contribution in [0.3, 0.4) is 0 Å². The lowest BCUT2D eigenvalue weighted by atomic mass is 10.1. The molecule has 0 bridgehead atoms. The average Bonchev–Trinajstić information content (AvgIpc) is 3.15. The number of amides is 1. The van der Waals surface area contributed by atoms with Gasteiger partial charge in [-0.3, -0.25) is 9.89 Å². The van der Waals surface area contributed by atoms with Crippen molar-refractivity contribution in [2.75, 3.05) is 13.1 Å². The molecule has 7 nitrogen and oxygen atoms in total. The smallest absolute Gasteiger partial charge is 0.272 e. The molecule has 0 saturated carbocycles. The number of hydrogen-bond donors (Lipinski definition) is 1. The molecule has 1 aliphatic heterocycles. The van der Waals surface area contributed by atoms with Gasteiger partial charge in [0.2, 0.25) is 5.88 Å². The fraction of sp³-hybridized carbons (Fsp3) is 0.158. The van der Waals surface area contributed by atoms with Crippen molar-refractivity contribution < 1.29 is 13.9 Å². The number of halogens is 1. The molecule has 3 heterocycles. The fourth-order valence-electron chi connectivity index (χ4n) is 2.74. The van der Waals surface area contributed by atoms with Crippen LogP contribution in [-0.4, -0.2) is 45.2 Å². The molecule has 0 unspecified atom stereocenters. The molecule has 0 spiro atoms. The normalized spacial score (nSPS) is 13.7. The van der Waals surface area contributed by atoms with Crippen molar-refractivity contribution in [1.82, 2.24) is 20.1 Å². The number of hydrogen-bond acceptors (Lipinski definition) is 5. The van der Waals surface area contributed by atoms with Crippen LogP contribution in [0.4, 0.5) is 4.39 Å². The number of benzene rings is 1. The van der Waals surface area contributed by atoms with Crippen molar-refractivity contribution in [1.29, 1.82) is 5.26 Å². The second kappa shape index (κ2) is 6.88.